The fourth-order valence-corrected chi connectivity index (χ4v) is 3.11. The zero-order chi connectivity index (χ0) is 18.5. The van der Waals surface area contributed by atoms with E-state index in [9.17, 15) is 9.59 Å². The Kier molecular flexibility index (Phi) is 5.61. The molecule has 0 radical (unpaired) electrons. The van der Waals surface area contributed by atoms with Crippen molar-refractivity contribution in [1.82, 2.24) is 14.9 Å². The maximum absolute atomic E-state index is 12.8. The van der Waals surface area contributed by atoms with Crippen molar-refractivity contribution in [3.63, 3.8) is 0 Å². The summed E-state index contributed by atoms with van der Waals surface area (Å²) in [4.78, 5) is 35.0. The van der Waals surface area contributed by atoms with E-state index in [2.05, 4.69) is 15.3 Å². The molecule has 6 heteroatoms. The highest BCUT2D eigenvalue weighted by Crippen LogP contribution is 2.18. The average Bonchev–Trinajstić information content (AvgIpc) is 2.90. The van der Waals surface area contributed by atoms with Gasteiger partial charge in [-0.05, 0) is 44.9 Å². The van der Waals surface area contributed by atoms with Crippen LogP contribution in [0.2, 0.25) is 0 Å². The van der Waals surface area contributed by atoms with Crippen molar-refractivity contribution in [3.05, 3.63) is 47.3 Å². The Morgan fingerprint density at radius 2 is 1.77 bits per heavy atom. The van der Waals surface area contributed by atoms with Gasteiger partial charge in [0.2, 0.25) is 5.95 Å². The number of hydrogen-bond donors (Lipinski definition) is 1. The molecule has 0 bridgehead atoms. The van der Waals surface area contributed by atoms with E-state index in [-0.39, 0.29) is 11.7 Å². The molecular weight excluding hydrogens is 328 g/mol. The second-order valence-corrected chi connectivity index (χ2v) is 6.69. The summed E-state index contributed by atoms with van der Waals surface area (Å²) in [5.74, 6) is 0.317. The largest absolute Gasteiger partial charge is 0.337 e. The van der Waals surface area contributed by atoms with Crippen LogP contribution in [-0.2, 0) is 0 Å². The molecule has 1 aromatic carbocycles. The van der Waals surface area contributed by atoms with Crippen molar-refractivity contribution in [2.75, 3.05) is 18.4 Å². The number of nitrogens with one attached hydrogen (secondary N) is 1. The van der Waals surface area contributed by atoms with E-state index in [4.69, 9.17) is 0 Å². The number of carbonyl (C=O) groups excluding carboxylic acids is 2. The van der Waals surface area contributed by atoms with Crippen molar-refractivity contribution < 1.29 is 9.59 Å². The third kappa shape index (κ3) is 4.45. The number of ketones is 1. The van der Waals surface area contributed by atoms with E-state index in [1.165, 1.54) is 19.8 Å². The summed E-state index contributed by atoms with van der Waals surface area (Å²) in [6.45, 7) is 4.94. The Bertz CT molecular complexity index is 811. The SMILES string of the molecule is CC(=O)c1cccc(Nc2nc(C)cc(C(=O)N3CCCCCC3)n2)c1. The third-order valence-corrected chi connectivity index (χ3v) is 4.49. The summed E-state index contributed by atoms with van der Waals surface area (Å²) < 4.78 is 0. The number of aryl methyl sites for hydroxylation is 1. The Hall–Kier alpha value is -2.76. The van der Waals surface area contributed by atoms with Crippen molar-refractivity contribution >= 4 is 23.3 Å². The van der Waals surface area contributed by atoms with E-state index in [0.29, 0.717) is 17.2 Å². The molecule has 2 aromatic rings. The molecule has 3 rings (SSSR count). The number of benzene rings is 1. The molecule has 1 N–H and O–H groups in total. The van der Waals surface area contributed by atoms with Crippen LogP contribution in [0, 0.1) is 6.92 Å². The molecular formula is C20H24N4O2. The summed E-state index contributed by atoms with van der Waals surface area (Å²) in [6.07, 6.45) is 4.43. The van der Waals surface area contributed by atoms with Gasteiger partial charge in [-0.15, -0.1) is 0 Å². The summed E-state index contributed by atoms with van der Waals surface area (Å²) in [5.41, 5.74) is 2.47. The van der Waals surface area contributed by atoms with E-state index in [1.807, 2.05) is 17.9 Å². The number of rotatable bonds is 4. The standard InChI is InChI=1S/C20H24N4O2/c1-14-12-18(19(26)24-10-5-3-4-6-11-24)23-20(21-14)22-17-9-7-8-16(13-17)15(2)25/h7-9,12-13H,3-6,10-11H2,1-2H3,(H,21,22,23). The topological polar surface area (TPSA) is 75.2 Å². The molecule has 1 aliphatic heterocycles. The quantitative estimate of drug-likeness (QED) is 0.848. The molecule has 1 aromatic heterocycles. The summed E-state index contributed by atoms with van der Waals surface area (Å²) >= 11 is 0. The number of amides is 1. The molecule has 0 atom stereocenters. The molecule has 2 heterocycles. The minimum Gasteiger partial charge on any atom is -0.337 e. The number of aromatic nitrogens is 2. The Morgan fingerprint density at radius 3 is 2.46 bits per heavy atom. The van der Waals surface area contributed by atoms with Gasteiger partial charge in [-0.25, -0.2) is 9.97 Å². The zero-order valence-electron chi connectivity index (χ0n) is 15.3. The van der Waals surface area contributed by atoms with Crippen LogP contribution in [0.5, 0.6) is 0 Å². The maximum atomic E-state index is 12.8. The van der Waals surface area contributed by atoms with Crippen LogP contribution in [0.25, 0.3) is 0 Å². The predicted octanol–water partition coefficient (Wildman–Crippen LogP) is 3.75. The first-order chi connectivity index (χ1) is 12.5. The van der Waals surface area contributed by atoms with Crippen molar-refractivity contribution in [2.24, 2.45) is 0 Å². The molecule has 0 unspecified atom stereocenters. The van der Waals surface area contributed by atoms with Gasteiger partial charge in [0, 0.05) is 30.0 Å². The molecule has 0 spiro atoms. The van der Waals surface area contributed by atoms with Gasteiger partial charge in [-0.2, -0.15) is 0 Å². The van der Waals surface area contributed by atoms with Crippen LogP contribution < -0.4 is 5.32 Å². The van der Waals surface area contributed by atoms with E-state index < -0.39 is 0 Å². The van der Waals surface area contributed by atoms with Crippen molar-refractivity contribution in [1.29, 1.82) is 0 Å². The van der Waals surface area contributed by atoms with E-state index in [1.54, 1.807) is 24.3 Å². The van der Waals surface area contributed by atoms with Crippen molar-refractivity contribution in [2.45, 2.75) is 39.5 Å². The van der Waals surface area contributed by atoms with Gasteiger partial charge in [0.15, 0.2) is 5.78 Å². The minimum atomic E-state index is -0.0436. The second kappa shape index (κ2) is 8.08. The van der Waals surface area contributed by atoms with Gasteiger partial charge >= 0.3 is 0 Å². The monoisotopic (exact) mass is 352 g/mol. The molecule has 0 aliphatic carbocycles. The highest BCUT2D eigenvalue weighted by molar-refractivity contribution is 5.95. The number of hydrogen-bond acceptors (Lipinski definition) is 5. The highest BCUT2D eigenvalue weighted by atomic mass is 16.2. The van der Waals surface area contributed by atoms with E-state index in [0.717, 1.165) is 37.3 Å². The first kappa shape index (κ1) is 18.0. The number of carbonyl (C=O) groups is 2. The Balaban J connectivity index is 1.82. The number of likely N-dealkylation sites (tertiary alicyclic amines) is 1. The van der Waals surface area contributed by atoms with Gasteiger partial charge in [0.1, 0.15) is 5.69 Å². The van der Waals surface area contributed by atoms with Gasteiger partial charge in [-0.1, -0.05) is 25.0 Å². The molecule has 1 amide bonds. The Morgan fingerprint density at radius 1 is 1.04 bits per heavy atom. The number of nitrogens with zero attached hydrogens (tertiary/aromatic N) is 3. The fourth-order valence-electron chi connectivity index (χ4n) is 3.11. The highest BCUT2D eigenvalue weighted by Gasteiger charge is 2.19. The molecule has 136 valence electrons. The van der Waals surface area contributed by atoms with Gasteiger partial charge < -0.3 is 10.2 Å². The van der Waals surface area contributed by atoms with Gasteiger partial charge in [0.05, 0.1) is 0 Å². The number of anilines is 2. The molecule has 1 saturated heterocycles. The first-order valence-electron chi connectivity index (χ1n) is 9.06. The maximum Gasteiger partial charge on any atom is 0.272 e. The fraction of sp³-hybridized carbons (Fsp3) is 0.400. The molecule has 0 saturated carbocycles. The minimum absolute atomic E-state index is 0.00385. The smallest absolute Gasteiger partial charge is 0.272 e. The Labute approximate surface area is 153 Å². The lowest BCUT2D eigenvalue weighted by Crippen LogP contribution is -2.32. The normalized spacial score (nSPS) is 14.6. The van der Waals surface area contributed by atoms with Gasteiger partial charge in [0.25, 0.3) is 5.91 Å². The summed E-state index contributed by atoms with van der Waals surface area (Å²) in [7, 11) is 0. The van der Waals surface area contributed by atoms with Crippen LogP contribution in [0.4, 0.5) is 11.6 Å². The van der Waals surface area contributed by atoms with Crippen LogP contribution >= 0.6 is 0 Å². The zero-order valence-corrected chi connectivity index (χ0v) is 15.3. The summed E-state index contributed by atoms with van der Waals surface area (Å²) in [6, 6.07) is 8.89. The first-order valence-corrected chi connectivity index (χ1v) is 9.06. The van der Waals surface area contributed by atoms with Crippen LogP contribution in [0.15, 0.2) is 30.3 Å². The third-order valence-electron chi connectivity index (χ3n) is 4.49. The summed E-state index contributed by atoms with van der Waals surface area (Å²) in [5, 5.41) is 3.11. The molecule has 1 fully saturated rings. The van der Waals surface area contributed by atoms with Crippen LogP contribution in [0.1, 0.15) is 59.1 Å². The van der Waals surface area contributed by atoms with Crippen molar-refractivity contribution in [3.8, 4) is 0 Å². The lowest BCUT2D eigenvalue weighted by atomic mass is 10.1. The lowest BCUT2D eigenvalue weighted by Gasteiger charge is -2.20. The van der Waals surface area contributed by atoms with Crippen LogP contribution in [0.3, 0.4) is 0 Å². The van der Waals surface area contributed by atoms with Crippen LogP contribution in [-0.4, -0.2) is 39.6 Å². The second-order valence-electron chi connectivity index (χ2n) is 6.69. The molecule has 6 nitrogen and oxygen atoms in total. The molecule has 1 aliphatic rings. The lowest BCUT2D eigenvalue weighted by molar-refractivity contribution is 0.0755. The number of Topliss-reactive ketones (excluding diaryl/α,β-unsaturated/α-hetero) is 1. The molecule has 26 heavy (non-hydrogen) atoms. The predicted molar refractivity (Wildman–Crippen MR) is 101 cm³/mol. The van der Waals surface area contributed by atoms with Gasteiger partial charge in [-0.3, -0.25) is 9.59 Å². The average molecular weight is 352 g/mol. The van der Waals surface area contributed by atoms with E-state index >= 15 is 0 Å².